The molecule has 2 aromatic heterocycles. The van der Waals surface area contributed by atoms with E-state index in [-0.39, 0.29) is 0 Å². The standard InChI is InChI=1S/C18H22N6O2/c1-25-15-5-2-4-13(10-15)17-18(14-7-9-26-11-14)24(12-19-17)8-3-6-16-20-22-23-21-16/h2,4-5,10,12,14H,3,6-9,11H2,1H3,(H,20,21,22,23). The van der Waals surface area contributed by atoms with Crippen LogP contribution in [0.25, 0.3) is 11.3 Å². The van der Waals surface area contributed by atoms with Gasteiger partial charge in [-0.2, -0.15) is 5.21 Å². The fourth-order valence-electron chi connectivity index (χ4n) is 3.44. The minimum absolute atomic E-state index is 0.365. The van der Waals surface area contributed by atoms with Crippen LogP contribution in [-0.2, 0) is 17.7 Å². The first kappa shape index (κ1) is 16.7. The number of H-pyrrole nitrogens is 1. The van der Waals surface area contributed by atoms with E-state index < -0.39 is 0 Å². The molecule has 0 bridgehead atoms. The molecule has 1 aliphatic heterocycles. The van der Waals surface area contributed by atoms with Gasteiger partial charge < -0.3 is 14.0 Å². The Balaban J connectivity index is 1.60. The van der Waals surface area contributed by atoms with Crippen LogP contribution in [0.3, 0.4) is 0 Å². The third-order valence-corrected chi connectivity index (χ3v) is 4.73. The largest absolute Gasteiger partial charge is 0.497 e. The highest BCUT2D eigenvalue weighted by atomic mass is 16.5. The summed E-state index contributed by atoms with van der Waals surface area (Å²) >= 11 is 0. The summed E-state index contributed by atoms with van der Waals surface area (Å²) < 4.78 is 13.3. The number of ether oxygens (including phenoxy) is 2. The molecule has 0 saturated carbocycles. The fraction of sp³-hybridized carbons (Fsp3) is 0.444. The molecule has 3 aromatic rings. The lowest BCUT2D eigenvalue weighted by Crippen LogP contribution is -2.10. The maximum Gasteiger partial charge on any atom is 0.174 e. The molecule has 1 N–H and O–H groups in total. The molecule has 8 heteroatoms. The van der Waals surface area contributed by atoms with Crippen LogP contribution < -0.4 is 4.74 Å². The third-order valence-electron chi connectivity index (χ3n) is 4.73. The summed E-state index contributed by atoms with van der Waals surface area (Å²) in [5, 5.41) is 14.1. The zero-order valence-electron chi connectivity index (χ0n) is 14.8. The van der Waals surface area contributed by atoms with Crippen LogP contribution in [0.5, 0.6) is 5.75 Å². The Morgan fingerprint density at radius 2 is 2.35 bits per heavy atom. The van der Waals surface area contributed by atoms with Gasteiger partial charge >= 0.3 is 0 Å². The lowest BCUT2D eigenvalue weighted by molar-refractivity contribution is 0.193. The Morgan fingerprint density at radius 1 is 1.38 bits per heavy atom. The van der Waals surface area contributed by atoms with Crippen molar-refractivity contribution in [3.63, 3.8) is 0 Å². The van der Waals surface area contributed by atoms with Gasteiger partial charge in [-0.3, -0.25) is 0 Å². The number of aromatic amines is 1. The molecule has 0 aliphatic carbocycles. The van der Waals surface area contributed by atoms with Crippen molar-refractivity contribution in [3.8, 4) is 17.0 Å². The topological polar surface area (TPSA) is 90.7 Å². The van der Waals surface area contributed by atoms with E-state index >= 15 is 0 Å². The number of nitrogens with zero attached hydrogens (tertiary/aromatic N) is 5. The molecule has 0 radical (unpaired) electrons. The molecular weight excluding hydrogens is 332 g/mol. The van der Waals surface area contributed by atoms with E-state index in [2.05, 4.69) is 31.3 Å². The molecular formula is C18H22N6O2. The summed E-state index contributed by atoms with van der Waals surface area (Å²) in [4.78, 5) is 4.72. The molecule has 1 saturated heterocycles. The van der Waals surface area contributed by atoms with Crippen LogP contribution in [0.2, 0.25) is 0 Å². The Bertz CT molecular complexity index is 839. The maximum absolute atomic E-state index is 5.64. The van der Waals surface area contributed by atoms with Gasteiger partial charge in [-0.05, 0) is 25.0 Å². The Labute approximate surface area is 151 Å². The molecule has 1 aromatic carbocycles. The molecule has 8 nitrogen and oxygen atoms in total. The SMILES string of the molecule is COc1cccc(-c2ncn(CCCc3nn[nH]n3)c2C2CCOC2)c1. The molecule has 1 unspecified atom stereocenters. The van der Waals surface area contributed by atoms with Crippen LogP contribution in [0.15, 0.2) is 30.6 Å². The molecule has 1 aliphatic rings. The van der Waals surface area contributed by atoms with Crippen molar-refractivity contribution in [2.75, 3.05) is 20.3 Å². The van der Waals surface area contributed by atoms with Crippen LogP contribution in [0.1, 0.15) is 30.3 Å². The second-order valence-corrected chi connectivity index (χ2v) is 6.40. The van der Waals surface area contributed by atoms with Crippen molar-refractivity contribution in [2.24, 2.45) is 0 Å². The molecule has 136 valence electrons. The van der Waals surface area contributed by atoms with Crippen molar-refractivity contribution in [2.45, 2.75) is 31.7 Å². The van der Waals surface area contributed by atoms with Gasteiger partial charge in [0.05, 0.1) is 31.4 Å². The van der Waals surface area contributed by atoms with E-state index in [4.69, 9.17) is 14.5 Å². The number of tetrazole rings is 1. The fourth-order valence-corrected chi connectivity index (χ4v) is 3.44. The predicted molar refractivity (Wildman–Crippen MR) is 94.9 cm³/mol. The van der Waals surface area contributed by atoms with Gasteiger partial charge in [0.15, 0.2) is 5.82 Å². The minimum Gasteiger partial charge on any atom is -0.497 e. The molecule has 4 rings (SSSR count). The maximum atomic E-state index is 5.64. The second-order valence-electron chi connectivity index (χ2n) is 6.40. The van der Waals surface area contributed by atoms with Crippen molar-refractivity contribution in [1.29, 1.82) is 0 Å². The Hall–Kier alpha value is -2.74. The van der Waals surface area contributed by atoms with Crippen molar-refractivity contribution in [3.05, 3.63) is 42.1 Å². The quantitative estimate of drug-likeness (QED) is 0.699. The first-order valence-electron chi connectivity index (χ1n) is 8.84. The third kappa shape index (κ3) is 3.45. The number of rotatable bonds is 7. The van der Waals surface area contributed by atoms with Gasteiger partial charge in [0, 0.05) is 31.1 Å². The average molecular weight is 354 g/mol. The number of imidazole rings is 1. The number of aryl methyl sites for hydroxylation is 2. The summed E-state index contributed by atoms with van der Waals surface area (Å²) in [6, 6.07) is 8.06. The van der Waals surface area contributed by atoms with Crippen LogP contribution >= 0.6 is 0 Å². The zero-order chi connectivity index (χ0) is 17.8. The van der Waals surface area contributed by atoms with Crippen molar-refractivity contribution >= 4 is 0 Å². The molecule has 26 heavy (non-hydrogen) atoms. The van der Waals surface area contributed by atoms with Crippen molar-refractivity contribution < 1.29 is 9.47 Å². The van der Waals surface area contributed by atoms with E-state index in [1.807, 2.05) is 24.5 Å². The highest BCUT2D eigenvalue weighted by Gasteiger charge is 2.26. The zero-order valence-corrected chi connectivity index (χ0v) is 14.8. The van der Waals surface area contributed by atoms with E-state index in [1.54, 1.807) is 7.11 Å². The number of nitrogens with one attached hydrogen (secondary N) is 1. The molecule has 0 spiro atoms. The lowest BCUT2D eigenvalue weighted by Gasteiger charge is -2.15. The van der Waals surface area contributed by atoms with Gasteiger partial charge in [-0.25, -0.2) is 4.98 Å². The summed E-state index contributed by atoms with van der Waals surface area (Å²) in [7, 11) is 1.68. The number of hydrogen-bond donors (Lipinski definition) is 1. The predicted octanol–water partition coefficient (Wildman–Crippen LogP) is 2.21. The van der Waals surface area contributed by atoms with Gasteiger partial charge in [0.1, 0.15) is 5.75 Å². The van der Waals surface area contributed by atoms with Gasteiger partial charge in [0.25, 0.3) is 0 Å². The van der Waals surface area contributed by atoms with E-state index in [9.17, 15) is 0 Å². The van der Waals surface area contributed by atoms with E-state index in [1.165, 1.54) is 5.69 Å². The number of hydrogen-bond acceptors (Lipinski definition) is 6. The monoisotopic (exact) mass is 354 g/mol. The van der Waals surface area contributed by atoms with Crippen LogP contribution in [-0.4, -0.2) is 50.5 Å². The van der Waals surface area contributed by atoms with Gasteiger partial charge in [-0.15, -0.1) is 10.2 Å². The molecule has 1 atom stereocenters. The van der Waals surface area contributed by atoms with E-state index in [0.717, 1.165) is 61.9 Å². The summed E-state index contributed by atoms with van der Waals surface area (Å²) in [5.74, 6) is 1.94. The van der Waals surface area contributed by atoms with Gasteiger partial charge in [0.2, 0.25) is 0 Å². The smallest absolute Gasteiger partial charge is 0.174 e. The Morgan fingerprint density at radius 3 is 3.12 bits per heavy atom. The summed E-state index contributed by atoms with van der Waals surface area (Å²) in [6.45, 7) is 2.40. The van der Waals surface area contributed by atoms with Crippen LogP contribution in [0, 0.1) is 0 Å². The molecule has 1 fully saturated rings. The Kier molecular flexibility index (Phi) is 4.92. The average Bonchev–Trinajstić information content (AvgIpc) is 3.43. The number of methoxy groups -OCH3 is 1. The molecule has 3 heterocycles. The first-order valence-corrected chi connectivity index (χ1v) is 8.84. The second kappa shape index (κ2) is 7.65. The van der Waals surface area contributed by atoms with Crippen LogP contribution in [0.4, 0.5) is 0 Å². The van der Waals surface area contributed by atoms with Crippen molar-refractivity contribution in [1.82, 2.24) is 30.2 Å². The number of benzene rings is 1. The minimum atomic E-state index is 0.365. The van der Waals surface area contributed by atoms with Gasteiger partial charge in [-0.1, -0.05) is 17.3 Å². The highest BCUT2D eigenvalue weighted by molar-refractivity contribution is 5.64. The highest BCUT2D eigenvalue weighted by Crippen LogP contribution is 2.34. The first-order chi connectivity index (χ1) is 12.8. The number of aromatic nitrogens is 6. The summed E-state index contributed by atoms with van der Waals surface area (Å²) in [5.41, 5.74) is 3.32. The normalized spacial score (nSPS) is 16.9. The van der Waals surface area contributed by atoms with E-state index in [0.29, 0.717) is 5.92 Å². The summed E-state index contributed by atoms with van der Waals surface area (Å²) in [6.07, 6.45) is 4.66. The lowest BCUT2D eigenvalue weighted by atomic mass is 9.98. The molecule has 0 amide bonds.